The third-order valence-electron chi connectivity index (χ3n) is 4.61. The Morgan fingerprint density at radius 1 is 1.28 bits per heavy atom. The van der Waals surface area contributed by atoms with Crippen LogP contribution in [0, 0.1) is 0 Å². The molecule has 3 heterocycles. The highest BCUT2D eigenvalue weighted by Crippen LogP contribution is 2.21. The summed E-state index contributed by atoms with van der Waals surface area (Å²) in [6, 6.07) is 7.23. The quantitative estimate of drug-likeness (QED) is 0.707. The molecule has 0 bridgehead atoms. The van der Waals surface area contributed by atoms with Crippen LogP contribution in [0.25, 0.3) is 10.9 Å². The summed E-state index contributed by atoms with van der Waals surface area (Å²) in [5.41, 5.74) is 0.247. The van der Waals surface area contributed by atoms with Gasteiger partial charge in [0.05, 0.1) is 17.8 Å². The minimum absolute atomic E-state index is 0.0900. The first-order chi connectivity index (χ1) is 12.2. The lowest BCUT2D eigenvalue weighted by Crippen LogP contribution is -2.43. The van der Waals surface area contributed by atoms with Gasteiger partial charge in [-0.3, -0.25) is 9.59 Å². The summed E-state index contributed by atoms with van der Waals surface area (Å²) in [7, 11) is 0. The SMILES string of the molecule is O=C(Cn1nnc2ccccc2c1=O)N1CCC[C@@H](n2ccnc2)C1. The zero-order valence-corrected chi connectivity index (χ0v) is 13.7. The summed E-state index contributed by atoms with van der Waals surface area (Å²) in [5.74, 6) is -0.114. The molecular formula is C17H18N6O2. The van der Waals surface area contributed by atoms with Crippen molar-refractivity contribution in [2.75, 3.05) is 13.1 Å². The molecule has 0 aliphatic carbocycles. The minimum atomic E-state index is -0.290. The van der Waals surface area contributed by atoms with E-state index in [1.54, 1.807) is 41.7 Å². The van der Waals surface area contributed by atoms with Crippen LogP contribution in [0.5, 0.6) is 0 Å². The van der Waals surface area contributed by atoms with E-state index in [-0.39, 0.29) is 24.1 Å². The number of piperidine rings is 1. The van der Waals surface area contributed by atoms with Gasteiger partial charge in [0.2, 0.25) is 5.91 Å². The lowest BCUT2D eigenvalue weighted by molar-refractivity contribution is -0.133. The van der Waals surface area contributed by atoms with Crippen molar-refractivity contribution in [2.45, 2.75) is 25.4 Å². The Balaban J connectivity index is 1.52. The molecule has 2 aromatic heterocycles. The molecule has 1 atom stereocenters. The molecule has 1 saturated heterocycles. The first-order valence-corrected chi connectivity index (χ1v) is 8.30. The van der Waals surface area contributed by atoms with Crippen molar-refractivity contribution in [1.29, 1.82) is 0 Å². The van der Waals surface area contributed by atoms with Crippen LogP contribution in [0.2, 0.25) is 0 Å². The van der Waals surface area contributed by atoms with Crippen LogP contribution in [0.3, 0.4) is 0 Å². The van der Waals surface area contributed by atoms with Gasteiger partial charge >= 0.3 is 0 Å². The molecule has 0 radical (unpaired) electrons. The van der Waals surface area contributed by atoms with Crippen molar-refractivity contribution >= 4 is 16.8 Å². The average molecular weight is 338 g/mol. The van der Waals surface area contributed by atoms with E-state index in [9.17, 15) is 9.59 Å². The first-order valence-electron chi connectivity index (χ1n) is 8.30. The van der Waals surface area contributed by atoms with Crippen molar-refractivity contribution in [3.63, 3.8) is 0 Å². The highest BCUT2D eigenvalue weighted by atomic mass is 16.2. The fourth-order valence-corrected chi connectivity index (χ4v) is 3.27. The molecule has 128 valence electrons. The van der Waals surface area contributed by atoms with E-state index in [1.165, 1.54) is 0 Å². The molecule has 1 aliphatic rings. The number of benzene rings is 1. The molecule has 25 heavy (non-hydrogen) atoms. The number of hydrogen-bond donors (Lipinski definition) is 0. The number of rotatable bonds is 3. The van der Waals surface area contributed by atoms with Crippen molar-refractivity contribution in [3.05, 3.63) is 53.3 Å². The molecule has 0 saturated carbocycles. The van der Waals surface area contributed by atoms with Gasteiger partial charge in [0, 0.05) is 25.5 Å². The van der Waals surface area contributed by atoms with Gasteiger partial charge in [0.25, 0.3) is 5.56 Å². The van der Waals surface area contributed by atoms with E-state index < -0.39 is 0 Å². The fraction of sp³-hybridized carbons (Fsp3) is 0.353. The first kappa shape index (κ1) is 15.5. The number of carbonyl (C=O) groups excluding carboxylic acids is 1. The van der Waals surface area contributed by atoms with Gasteiger partial charge < -0.3 is 9.47 Å². The molecule has 0 spiro atoms. The van der Waals surface area contributed by atoms with E-state index in [1.807, 2.05) is 10.8 Å². The molecule has 4 rings (SSSR count). The highest BCUT2D eigenvalue weighted by molar-refractivity contribution is 5.78. The van der Waals surface area contributed by atoms with Crippen LogP contribution in [0.15, 0.2) is 47.8 Å². The van der Waals surface area contributed by atoms with Crippen molar-refractivity contribution in [3.8, 4) is 0 Å². The predicted molar refractivity (Wildman–Crippen MR) is 90.9 cm³/mol. The Hall–Kier alpha value is -3.03. The molecule has 1 fully saturated rings. The smallest absolute Gasteiger partial charge is 0.278 e. The van der Waals surface area contributed by atoms with Crippen molar-refractivity contribution < 1.29 is 4.79 Å². The molecule has 8 heteroatoms. The van der Waals surface area contributed by atoms with E-state index in [0.717, 1.165) is 17.5 Å². The third-order valence-corrected chi connectivity index (χ3v) is 4.61. The molecule has 0 N–H and O–H groups in total. The molecule has 0 unspecified atom stereocenters. The number of aromatic nitrogens is 5. The maximum absolute atomic E-state index is 12.6. The van der Waals surface area contributed by atoms with Crippen LogP contribution >= 0.6 is 0 Å². The molecule has 8 nitrogen and oxygen atoms in total. The Labute approximate surface area is 143 Å². The lowest BCUT2D eigenvalue weighted by atomic mass is 10.1. The molecule has 3 aromatic rings. The molecule has 1 aromatic carbocycles. The second-order valence-electron chi connectivity index (χ2n) is 6.22. The van der Waals surface area contributed by atoms with Crippen LogP contribution < -0.4 is 5.56 Å². The minimum Gasteiger partial charge on any atom is -0.339 e. The highest BCUT2D eigenvalue weighted by Gasteiger charge is 2.25. The van der Waals surface area contributed by atoms with Gasteiger partial charge in [-0.2, -0.15) is 0 Å². The summed E-state index contributed by atoms with van der Waals surface area (Å²) >= 11 is 0. The average Bonchev–Trinajstić information content (AvgIpc) is 3.19. The standard InChI is InChI=1S/C17H18N6O2/c24-16(21-8-3-4-13(10-21)22-9-7-18-12-22)11-23-17(25)14-5-1-2-6-15(14)19-20-23/h1-2,5-7,9,12-13H,3-4,8,10-11H2/t13-/m1/s1. The largest absolute Gasteiger partial charge is 0.339 e. The van der Waals surface area contributed by atoms with Crippen molar-refractivity contribution in [1.82, 2.24) is 29.4 Å². The number of hydrogen-bond acceptors (Lipinski definition) is 5. The van der Waals surface area contributed by atoms with Gasteiger partial charge in [-0.1, -0.05) is 17.3 Å². The van der Waals surface area contributed by atoms with E-state index >= 15 is 0 Å². The Bertz CT molecular complexity index is 949. The molecular weight excluding hydrogens is 320 g/mol. The number of fused-ring (bicyclic) bond motifs is 1. The van der Waals surface area contributed by atoms with Gasteiger partial charge in [-0.25, -0.2) is 9.67 Å². The number of carbonyl (C=O) groups is 1. The summed E-state index contributed by atoms with van der Waals surface area (Å²) < 4.78 is 3.17. The van der Waals surface area contributed by atoms with Crippen LogP contribution in [-0.2, 0) is 11.3 Å². The normalized spacial score (nSPS) is 17.8. The van der Waals surface area contributed by atoms with Gasteiger partial charge in [0.1, 0.15) is 12.1 Å². The number of amides is 1. The summed E-state index contributed by atoms with van der Waals surface area (Å²) in [5, 5.41) is 8.40. The second kappa shape index (κ2) is 6.46. The number of nitrogens with zero attached hydrogens (tertiary/aromatic N) is 6. The Morgan fingerprint density at radius 3 is 3.00 bits per heavy atom. The van der Waals surface area contributed by atoms with Gasteiger partial charge in [0.15, 0.2) is 0 Å². The maximum Gasteiger partial charge on any atom is 0.278 e. The maximum atomic E-state index is 12.6. The topological polar surface area (TPSA) is 85.9 Å². The zero-order chi connectivity index (χ0) is 17.2. The summed E-state index contributed by atoms with van der Waals surface area (Å²) in [6.07, 6.45) is 7.36. The van der Waals surface area contributed by atoms with Gasteiger partial charge in [-0.05, 0) is 25.0 Å². The predicted octanol–water partition coefficient (Wildman–Crippen LogP) is 0.852. The second-order valence-corrected chi connectivity index (χ2v) is 6.22. The number of imidazole rings is 1. The number of likely N-dealkylation sites (tertiary alicyclic amines) is 1. The Kier molecular flexibility index (Phi) is 4.01. The zero-order valence-electron chi connectivity index (χ0n) is 13.7. The van der Waals surface area contributed by atoms with Gasteiger partial charge in [-0.15, -0.1) is 5.10 Å². The third kappa shape index (κ3) is 3.02. The summed E-state index contributed by atoms with van der Waals surface area (Å²) in [6.45, 7) is 1.22. The van der Waals surface area contributed by atoms with E-state index in [0.29, 0.717) is 24.0 Å². The van der Waals surface area contributed by atoms with Crippen molar-refractivity contribution in [2.24, 2.45) is 0 Å². The summed E-state index contributed by atoms with van der Waals surface area (Å²) in [4.78, 5) is 31.0. The lowest BCUT2D eigenvalue weighted by Gasteiger charge is -2.33. The van der Waals surface area contributed by atoms with Crippen LogP contribution in [-0.4, -0.2) is 48.4 Å². The fourth-order valence-electron chi connectivity index (χ4n) is 3.27. The molecule has 1 aliphatic heterocycles. The van der Waals surface area contributed by atoms with E-state index in [2.05, 4.69) is 15.3 Å². The Morgan fingerprint density at radius 2 is 2.16 bits per heavy atom. The monoisotopic (exact) mass is 338 g/mol. The van der Waals surface area contributed by atoms with Crippen LogP contribution in [0.1, 0.15) is 18.9 Å². The van der Waals surface area contributed by atoms with Crippen LogP contribution in [0.4, 0.5) is 0 Å². The molecule has 1 amide bonds. The van der Waals surface area contributed by atoms with E-state index in [4.69, 9.17) is 0 Å².